The molecule has 1 aliphatic rings. The lowest BCUT2D eigenvalue weighted by Crippen LogP contribution is -2.37. The van der Waals surface area contributed by atoms with Crippen molar-refractivity contribution in [1.82, 2.24) is 19.8 Å². The molecule has 2 atom stereocenters. The number of pyridine rings is 1. The van der Waals surface area contributed by atoms with E-state index in [4.69, 9.17) is 12.2 Å². The predicted octanol–water partition coefficient (Wildman–Crippen LogP) is 3.65. The summed E-state index contributed by atoms with van der Waals surface area (Å²) in [6, 6.07) is 17.2. The van der Waals surface area contributed by atoms with Crippen molar-refractivity contribution in [2.75, 3.05) is 11.9 Å². The van der Waals surface area contributed by atoms with E-state index in [1.807, 2.05) is 53.4 Å². The molecule has 1 saturated heterocycles. The van der Waals surface area contributed by atoms with Crippen LogP contribution >= 0.6 is 12.2 Å². The zero-order valence-corrected chi connectivity index (χ0v) is 18.1. The Morgan fingerprint density at radius 3 is 2.53 bits per heavy atom. The van der Waals surface area contributed by atoms with Gasteiger partial charge in [-0.3, -0.25) is 9.78 Å². The number of nitrogens with zero attached hydrogens (tertiary/aromatic N) is 3. The highest BCUT2D eigenvalue weighted by Gasteiger charge is 2.41. The van der Waals surface area contributed by atoms with Crippen molar-refractivity contribution in [2.24, 2.45) is 7.05 Å². The van der Waals surface area contributed by atoms with Crippen molar-refractivity contribution in [2.45, 2.75) is 25.9 Å². The molecule has 2 aromatic heterocycles. The molecule has 1 aliphatic heterocycles. The van der Waals surface area contributed by atoms with E-state index in [2.05, 4.69) is 47.1 Å². The van der Waals surface area contributed by atoms with Gasteiger partial charge in [-0.05, 0) is 62.0 Å². The number of benzene rings is 1. The molecule has 0 spiro atoms. The monoisotopic (exact) mass is 419 g/mol. The van der Waals surface area contributed by atoms with E-state index in [9.17, 15) is 4.79 Å². The Morgan fingerprint density at radius 1 is 1.17 bits per heavy atom. The Hall–Kier alpha value is -3.19. The number of hydrogen-bond acceptors (Lipinski definition) is 3. The second-order valence-corrected chi connectivity index (χ2v) is 7.94. The number of carbonyl (C=O) groups excluding carboxylic acids is 1. The number of aryl methyl sites for hydroxylation is 1. The molecule has 4 rings (SSSR count). The van der Waals surface area contributed by atoms with Gasteiger partial charge < -0.3 is 20.1 Å². The van der Waals surface area contributed by atoms with Gasteiger partial charge in [0.05, 0.1) is 17.8 Å². The molecule has 0 bridgehead atoms. The molecule has 1 amide bonds. The van der Waals surface area contributed by atoms with Gasteiger partial charge in [0.2, 0.25) is 5.91 Å². The average Bonchev–Trinajstić information content (AvgIpc) is 3.20. The Morgan fingerprint density at radius 2 is 1.90 bits per heavy atom. The van der Waals surface area contributed by atoms with Crippen molar-refractivity contribution in [3.63, 3.8) is 0 Å². The van der Waals surface area contributed by atoms with Gasteiger partial charge in [-0.1, -0.05) is 24.3 Å². The molecule has 3 heterocycles. The molecule has 7 heteroatoms. The van der Waals surface area contributed by atoms with E-state index < -0.39 is 0 Å². The number of para-hydroxylation sites is 1. The smallest absolute Gasteiger partial charge is 0.244 e. The van der Waals surface area contributed by atoms with Gasteiger partial charge in [0.25, 0.3) is 0 Å². The lowest BCUT2D eigenvalue weighted by atomic mass is 9.97. The second-order valence-electron chi connectivity index (χ2n) is 7.55. The molecular formula is C23H25N5OS. The summed E-state index contributed by atoms with van der Waals surface area (Å²) < 4.78 is 2.16. The fourth-order valence-electron chi connectivity index (χ4n) is 3.97. The SMILES string of the molecule is Cc1cc([C@@H]2[C@H](c3ccccn3)NC(=S)N2CC(=O)Nc2ccccc2)c(C)n1C. The summed E-state index contributed by atoms with van der Waals surface area (Å²) in [6.07, 6.45) is 1.78. The van der Waals surface area contributed by atoms with E-state index in [0.29, 0.717) is 5.11 Å². The highest BCUT2D eigenvalue weighted by molar-refractivity contribution is 7.80. The fourth-order valence-corrected chi connectivity index (χ4v) is 4.28. The number of amides is 1. The molecule has 154 valence electrons. The van der Waals surface area contributed by atoms with E-state index in [0.717, 1.165) is 28.3 Å². The molecule has 30 heavy (non-hydrogen) atoms. The van der Waals surface area contributed by atoms with Crippen molar-refractivity contribution in [1.29, 1.82) is 0 Å². The van der Waals surface area contributed by atoms with E-state index in [1.54, 1.807) is 6.20 Å². The van der Waals surface area contributed by atoms with E-state index in [-0.39, 0.29) is 24.5 Å². The summed E-state index contributed by atoms with van der Waals surface area (Å²) in [6.45, 7) is 4.34. The largest absolute Gasteiger partial charge is 0.352 e. The number of anilines is 1. The lowest BCUT2D eigenvalue weighted by Gasteiger charge is -2.27. The molecular weight excluding hydrogens is 394 g/mol. The van der Waals surface area contributed by atoms with Gasteiger partial charge in [0.1, 0.15) is 6.54 Å². The van der Waals surface area contributed by atoms with Crippen LogP contribution in [-0.4, -0.2) is 32.0 Å². The van der Waals surface area contributed by atoms with Crippen LogP contribution in [0.15, 0.2) is 60.8 Å². The van der Waals surface area contributed by atoms with Crippen LogP contribution in [0.4, 0.5) is 5.69 Å². The first-order chi connectivity index (χ1) is 14.5. The Labute approximate surface area is 181 Å². The number of rotatable bonds is 5. The molecule has 0 radical (unpaired) electrons. The van der Waals surface area contributed by atoms with Gasteiger partial charge in [0.15, 0.2) is 5.11 Å². The van der Waals surface area contributed by atoms with Gasteiger partial charge in [0, 0.05) is 30.3 Å². The van der Waals surface area contributed by atoms with Gasteiger partial charge in [-0.25, -0.2) is 0 Å². The van der Waals surface area contributed by atoms with Gasteiger partial charge in [-0.15, -0.1) is 0 Å². The van der Waals surface area contributed by atoms with Crippen molar-refractivity contribution in [3.05, 3.63) is 83.4 Å². The zero-order valence-electron chi connectivity index (χ0n) is 17.3. The normalized spacial score (nSPS) is 18.4. The van der Waals surface area contributed by atoms with E-state index in [1.165, 1.54) is 0 Å². The summed E-state index contributed by atoms with van der Waals surface area (Å²) in [4.78, 5) is 19.4. The minimum atomic E-state index is -0.135. The summed E-state index contributed by atoms with van der Waals surface area (Å²) in [5.74, 6) is -0.109. The summed E-state index contributed by atoms with van der Waals surface area (Å²) in [5.41, 5.74) is 5.12. The van der Waals surface area contributed by atoms with Crippen LogP contribution < -0.4 is 10.6 Å². The van der Waals surface area contributed by atoms with Crippen LogP contribution in [0.25, 0.3) is 0 Å². The third kappa shape index (κ3) is 3.80. The summed E-state index contributed by atoms with van der Waals surface area (Å²) >= 11 is 5.66. The summed E-state index contributed by atoms with van der Waals surface area (Å²) in [7, 11) is 2.05. The van der Waals surface area contributed by atoms with Gasteiger partial charge >= 0.3 is 0 Å². The Bertz CT molecular complexity index is 1060. The number of hydrogen-bond donors (Lipinski definition) is 2. The van der Waals surface area contributed by atoms with Crippen LogP contribution in [0.5, 0.6) is 0 Å². The van der Waals surface area contributed by atoms with Gasteiger partial charge in [-0.2, -0.15) is 0 Å². The van der Waals surface area contributed by atoms with E-state index >= 15 is 0 Å². The Balaban J connectivity index is 1.67. The molecule has 6 nitrogen and oxygen atoms in total. The maximum absolute atomic E-state index is 12.8. The van der Waals surface area contributed by atoms with Crippen molar-refractivity contribution in [3.8, 4) is 0 Å². The topological polar surface area (TPSA) is 62.2 Å². The molecule has 1 fully saturated rings. The number of carbonyl (C=O) groups is 1. The zero-order chi connectivity index (χ0) is 21.3. The molecule has 1 aromatic carbocycles. The molecule has 0 aliphatic carbocycles. The highest BCUT2D eigenvalue weighted by atomic mass is 32.1. The number of aromatic nitrogens is 2. The minimum absolute atomic E-state index is 0.109. The second kappa shape index (κ2) is 8.28. The van der Waals surface area contributed by atoms with Crippen molar-refractivity contribution < 1.29 is 4.79 Å². The maximum Gasteiger partial charge on any atom is 0.244 e. The fraction of sp³-hybridized carbons (Fsp3) is 0.261. The lowest BCUT2D eigenvalue weighted by molar-refractivity contribution is -0.116. The van der Waals surface area contributed by atoms with Crippen LogP contribution in [0.2, 0.25) is 0 Å². The van der Waals surface area contributed by atoms with Crippen LogP contribution in [0.1, 0.15) is 34.7 Å². The maximum atomic E-state index is 12.8. The summed E-state index contributed by atoms with van der Waals surface area (Å²) in [5, 5.41) is 6.91. The first-order valence-corrected chi connectivity index (χ1v) is 10.3. The molecule has 0 unspecified atom stereocenters. The van der Waals surface area contributed by atoms with Crippen LogP contribution in [0.3, 0.4) is 0 Å². The quantitative estimate of drug-likeness (QED) is 0.618. The first kappa shape index (κ1) is 20.1. The van der Waals surface area contributed by atoms with Crippen LogP contribution in [0, 0.1) is 13.8 Å². The third-order valence-electron chi connectivity index (χ3n) is 5.70. The molecule has 2 N–H and O–H groups in total. The average molecular weight is 420 g/mol. The Kier molecular flexibility index (Phi) is 5.55. The minimum Gasteiger partial charge on any atom is -0.352 e. The van der Waals surface area contributed by atoms with Crippen molar-refractivity contribution >= 4 is 28.9 Å². The highest BCUT2D eigenvalue weighted by Crippen LogP contribution is 2.40. The predicted molar refractivity (Wildman–Crippen MR) is 122 cm³/mol. The third-order valence-corrected chi connectivity index (χ3v) is 6.05. The number of nitrogens with one attached hydrogen (secondary N) is 2. The molecule has 3 aromatic rings. The first-order valence-electron chi connectivity index (χ1n) is 9.91. The molecule has 0 saturated carbocycles. The van der Waals surface area contributed by atoms with Crippen LogP contribution in [-0.2, 0) is 11.8 Å². The standard InChI is InChI=1S/C23H25N5OS/c1-15-13-18(16(2)27(15)3)22-21(19-11-7-8-12-24-19)26-23(30)28(22)14-20(29)25-17-9-5-4-6-10-17/h4-13,21-22H,14H2,1-3H3,(H,25,29)(H,26,30)/t21-,22+/m0/s1. The number of thiocarbonyl (C=S) groups is 1.